The van der Waals surface area contributed by atoms with Crippen LogP contribution >= 0.6 is 0 Å². The smallest absolute Gasteiger partial charge is 0.317 e. The summed E-state index contributed by atoms with van der Waals surface area (Å²) in [6, 6.07) is 1.98. The summed E-state index contributed by atoms with van der Waals surface area (Å²) in [5, 5.41) is 7.75. The highest BCUT2D eigenvalue weighted by atomic mass is 16.5. The summed E-state index contributed by atoms with van der Waals surface area (Å²) in [5.74, 6) is 0.397. The number of ether oxygens (including phenoxy) is 1. The Morgan fingerprint density at radius 2 is 2.04 bits per heavy atom. The Kier molecular flexibility index (Phi) is 5.85. The minimum absolute atomic E-state index is 0.00309. The van der Waals surface area contributed by atoms with Gasteiger partial charge in [0, 0.05) is 51.8 Å². The van der Waals surface area contributed by atoms with E-state index in [4.69, 9.17) is 9.84 Å². The highest BCUT2D eigenvalue weighted by Gasteiger charge is 2.29. The van der Waals surface area contributed by atoms with Crippen LogP contribution in [0.5, 0.6) is 0 Å². The quantitative estimate of drug-likeness (QED) is 0.852. The van der Waals surface area contributed by atoms with E-state index in [1.54, 1.807) is 0 Å². The Labute approximate surface area is 166 Å². The first-order valence-corrected chi connectivity index (χ1v) is 10.7. The van der Waals surface area contributed by atoms with Crippen molar-refractivity contribution in [2.75, 3.05) is 39.3 Å². The molecule has 3 amide bonds. The van der Waals surface area contributed by atoms with Crippen molar-refractivity contribution in [3.8, 4) is 0 Å². The van der Waals surface area contributed by atoms with Gasteiger partial charge in [-0.1, -0.05) is 0 Å². The number of aromatic nitrogens is 2. The molecule has 1 N–H and O–H groups in total. The minimum Gasteiger partial charge on any atom is -0.376 e. The van der Waals surface area contributed by atoms with Crippen LogP contribution in [0.4, 0.5) is 4.79 Å². The predicted molar refractivity (Wildman–Crippen MR) is 104 cm³/mol. The standard InChI is InChI=1S/C20H31N5O3/c1-2-23-8-4-9-25-18(19(23)26)13-17(22-25)15-6-10-24(11-7-15)20(27)21-14-16-5-3-12-28-16/h13,15-16H,2-12,14H2,1H3,(H,21,27)/t16-/m0/s1. The highest BCUT2D eigenvalue weighted by Crippen LogP contribution is 2.28. The fourth-order valence-electron chi connectivity index (χ4n) is 4.45. The van der Waals surface area contributed by atoms with Crippen LogP contribution < -0.4 is 5.32 Å². The molecule has 4 rings (SSSR count). The van der Waals surface area contributed by atoms with Crippen molar-refractivity contribution in [1.82, 2.24) is 24.9 Å². The third-order valence-corrected chi connectivity index (χ3v) is 6.19. The van der Waals surface area contributed by atoms with Crippen LogP contribution in [0.15, 0.2) is 6.07 Å². The third kappa shape index (κ3) is 4.01. The normalized spacial score (nSPS) is 23.6. The van der Waals surface area contributed by atoms with E-state index in [-0.39, 0.29) is 18.0 Å². The number of piperidine rings is 1. The fraction of sp³-hybridized carbons (Fsp3) is 0.750. The molecule has 0 aromatic carbocycles. The van der Waals surface area contributed by atoms with Gasteiger partial charge in [0.25, 0.3) is 5.91 Å². The Bertz CT molecular complexity index is 705. The molecular formula is C20H31N5O3. The van der Waals surface area contributed by atoms with E-state index in [0.717, 1.165) is 77.1 Å². The Morgan fingerprint density at radius 1 is 1.21 bits per heavy atom. The molecule has 4 heterocycles. The number of carbonyl (C=O) groups excluding carboxylic acids is 2. The van der Waals surface area contributed by atoms with E-state index in [1.807, 2.05) is 27.5 Å². The second-order valence-corrected chi connectivity index (χ2v) is 8.00. The molecule has 1 atom stereocenters. The molecular weight excluding hydrogens is 358 g/mol. The minimum atomic E-state index is 0.00309. The largest absolute Gasteiger partial charge is 0.376 e. The molecule has 2 fully saturated rings. The molecule has 154 valence electrons. The van der Waals surface area contributed by atoms with Crippen LogP contribution in [0.1, 0.15) is 61.1 Å². The zero-order valence-corrected chi connectivity index (χ0v) is 16.7. The summed E-state index contributed by atoms with van der Waals surface area (Å²) in [6.45, 7) is 7.19. The van der Waals surface area contributed by atoms with Gasteiger partial charge >= 0.3 is 6.03 Å². The van der Waals surface area contributed by atoms with E-state index >= 15 is 0 Å². The molecule has 0 spiro atoms. The monoisotopic (exact) mass is 389 g/mol. The van der Waals surface area contributed by atoms with Crippen molar-refractivity contribution in [3.05, 3.63) is 17.5 Å². The molecule has 8 heteroatoms. The molecule has 8 nitrogen and oxygen atoms in total. The molecule has 0 unspecified atom stereocenters. The van der Waals surface area contributed by atoms with E-state index in [1.165, 1.54) is 0 Å². The van der Waals surface area contributed by atoms with E-state index < -0.39 is 0 Å². The van der Waals surface area contributed by atoms with Gasteiger partial charge in [0.05, 0.1) is 11.8 Å². The van der Waals surface area contributed by atoms with Crippen molar-refractivity contribution in [1.29, 1.82) is 0 Å². The summed E-state index contributed by atoms with van der Waals surface area (Å²) in [7, 11) is 0. The predicted octanol–water partition coefficient (Wildman–Crippen LogP) is 1.82. The van der Waals surface area contributed by atoms with Gasteiger partial charge in [-0.05, 0) is 45.1 Å². The van der Waals surface area contributed by atoms with Crippen LogP contribution in [0.3, 0.4) is 0 Å². The third-order valence-electron chi connectivity index (χ3n) is 6.19. The summed E-state index contributed by atoms with van der Waals surface area (Å²) >= 11 is 0. The Hall–Kier alpha value is -2.09. The van der Waals surface area contributed by atoms with Gasteiger partial charge in [0.1, 0.15) is 5.69 Å². The van der Waals surface area contributed by atoms with Crippen LogP contribution in [-0.4, -0.2) is 77.0 Å². The van der Waals surface area contributed by atoms with Crippen LogP contribution in [-0.2, 0) is 11.3 Å². The number of nitrogens with zero attached hydrogens (tertiary/aromatic N) is 4. The summed E-state index contributed by atoms with van der Waals surface area (Å²) in [5.41, 5.74) is 1.71. The Morgan fingerprint density at radius 3 is 2.75 bits per heavy atom. The fourth-order valence-corrected chi connectivity index (χ4v) is 4.45. The first-order valence-electron chi connectivity index (χ1n) is 10.7. The van der Waals surface area contributed by atoms with Crippen molar-refractivity contribution in [2.24, 2.45) is 0 Å². The number of fused-ring (bicyclic) bond motifs is 1. The number of hydrogen-bond donors (Lipinski definition) is 1. The second-order valence-electron chi connectivity index (χ2n) is 8.00. The topological polar surface area (TPSA) is 79.7 Å². The molecule has 28 heavy (non-hydrogen) atoms. The Balaban J connectivity index is 1.32. The van der Waals surface area contributed by atoms with Gasteiger partial charge < -0.3 is 19.9 Å². The number of hydrogen-bond acceptors (Lipinski definition) is 4. The second kappa shape index (κ2) is 8.51. The first-order chi connectivity index (χ1) is 13.7. The molecule has 0 bridgehead atoms. The number of aryl methyl sites for hydroxylation is 1. The lowest BCUT2D eigenvalue weighted by Crippen LogP contribution is -2.46. The molecule has 0 aliphatic carbocycles. The van der Waals surface area contributed by atoms with Crippen LogP contribution in [0.25, 0.3) is 0 Å². The SMILES string of the molecule is CCN1CCCn2nc(C3CCN(C(=O)NC[C@@H]4CCCO4)CC3)cc2C1=O. The van der Waals surface area contributed by atoms with E-state index in [2.05, 4.69) is 5.32 Å². The van der Waals surface area contributed by atoms with Gasteiger partial charge in [-0.2, -0.15) is 5.10 Å². The highest BCUT2D eigenvalue weighted by molar-refractivity contribution is 5.93. The molecule has 1 aromatic rings. The lowest BCUT2D eigenvalue weighted by Gasteiger charge is -2.31. The molecule has 0 saturated carbocycles. The zero-order chi connectivity index (χ0) is 19.5. The number of likely N-dealkylation sites (tertiary alicyclic amines) is 1. The number of rotatable bonds is 4. The number of urea groups is 1. The van der Waals surface area contributed by atoms with Crippen LogP contribution in [0.2, 0.25) is 0 Å². The number of nitrogens with one attached hydrogen (secondary N) is 1. The molecule has 3 aliphatic heterocycles. The first kappa shape index (κ1) is 19.2. The van der Waals surface area contributed by atoms with Crippen molar-refractivity contribution < 1.29 is 14.3 Å². The lowest BCUT2D eigenvalue weighted by molar-refractivity contribution is 0.0766. The maximum absolute atomic E-state index is 12.7. The summed E-state index contributed by atoms with van der Waals surface area (Å²) in [4.78, 5) is 28.9. The maximum atomic E-state index is 12.7. The number of carbonyl (C=O) groups is 2. The molecule has 1 aromatic heterocycles. The molecule has 0 radical (unpaired) electrons. The van der Waals surface area contributed by atoms with Crippen LogP contribution in [0, 0.1) is 0 Å². The van der Waals surface area contributed by atoms with Crippen molar-refractivity contribution in [3.63, 3.8) is 0 Å². The summed E-state index contributed by atoms with van der Waals surface area (Å²) in [6.07, 6.45) is 4.99. The van der Waals surface area contributed by atoms with E-state index in [9.17, 15) is 9.59 Å². The van der Waals surface area contributed by atoms with Gasteiger partial charge in [0.15, 0.2) is 0 Å². The van der Waals surface area contributed by atoms with Gasteiger partial charge in [0.2, 0.25) is 0 Å². The average molecular weight is 390 g/mol. The molecule has 2 saturated heterocycles. The zero-order valence-electron chi connectivity index (χ0n) is 16.7. The van der Waals surface area contributed by atoms with Crippen molar-refractivity contribution >= 4 is 11.9 Å². The lowest BCUT2D eigenvalue weighted by atomic mass is 9.93. The van der Waals surface area contributed by atoms with Gasteiger partial charge in [-0.3, -0.25) is 9.48 Å². The average Bonchev–Trinajstić information content (AvgIpc) is 3.36. The molecule has 3 aliphatic rings. The summed E-state index contributed by atoms with van der Waals surface area (Å²) < 4.78 is 7.45. The van der Waals surface area contributed by atoms with Gasteiger partial charge in [-0.25, -0.2) is 4.79 Å². The van der Waals surface area contributed by atoms with E-state index in [0.29, 0.717) is 18.2 Å². The maximum Gasteiger partial charge on any atom is 0.317 e. The van der Waals surface area contributed by atoms with Gasteiger partial charge in [-0.15, -0.1) is 0 Å². The number of amides is 3. The van der Waals surface area contributed by atoms with Crippen molar-refractivity contribution in [2.45, 2.75) is 57.6 Å².